The van der Waals surface area contributed by atoms with Crippen molar-refractivity contribution in [1.29, 1.82) is 5.26 Å². The monoisotopic (exact) mass is 475 g/mol. The van der Waals surface area contributed by atoms with Crippen molar-refractivity contribution in [2.45, 2.75) is 25.4 Å². The Labute approximate surface area is 217 Å². The van der Waals surface area contributed by atoms with Crippen LogP contribution >= 0.6 is 0 Å². The molecule has 0 bridgehead atoms. The Bertz CT molecular complexity index is 1750. The molecule has 0 saturated heterocycles. The fourth-order valence-corrected chi connectivity index (χ4v) is 6.03. The van der Waals surface area contributed by atoms with Crippen LogP contribution < -0.4 is 4.74 Å². The maximum absolute atomic E-state index is 9.40. The molecule has 2 aliphatic rings. The lowest BCUT2D eigenvalue weighted by molar-refractivity contribution is 0.159. The Morgan fingerprint density at radius 1 is 0.757 bits per heavy atom. The molecule has 0 radical (unpaired) electrons. The Hall–Kier alpha value is -4.61. The fraction of sp³-hybridized carbons (Fsp3) is 0.114. The Morgan fingerprint density at radius 2 is 1.43 bits per heavy atom. The van der Waals surface area contributed by atoms with E-state index in [2.05, 4.69) is 97.9 Å². The number of nitriles is 1. The molecule has 37 heavy (non-hydrogen) atoms. The van der Waals surface area contributed by atoms with Gasteiger partial charge in [-0.25, -0.2) is 0 Å². The van der Waals surface area contributed by atoms with E-state index in [1.807, 2.05) is 24.3 Å². The van der Waals surface area contributed by atoms with Crippen LogP contribution in [0.3, 0.4) is 0 Å². The van der Waals surface area contributed by atoms with E-state index in [1.54, 1.807) is 0 Å². The van der Waals surface area contributed by atoms with E-state index in [-0.39, 0.29) is 0 Å². The molecule has 1 aliphatic carbocycles. The van der Waals surface area contributed by atoms with Gasteiger partial charge in [-0.3, -0.25) is 0 Å². The average molecular weight is 476 g/mol. The minimum atomic E-state index is -0.790. The molecule has 0 spiro atoms. The molecule has 1 aliphatic heterocycles. The van der Waals surface area contributed by atoms with Gasteiger partial charge >= 0.3 is 0 Å². The second kappa shape index (κ2) is 8.22. The Balaban J connectivity index is 1.52. The summed E-state index contributed by atoms with van der Waals surface area (Å²) in [5.41, 5.74) is 9.56. The van der Waals surface area contributed by atoms with Gasteiger partial charge in [0.2, 0.25) is 0 Å². The summed E-state index contributed by atoms with van der Waals surface area (Å²) >= 11 is 0. The highest BCUT2D eigenvalue weighted by Crippen LogP contribution is 2.51. The van der Waals surface area contributed by atoms with Crippen LogP contribution in [0.5, 0.6) is 5.75 Å². The minimum absolute atomic E-state index is 0.642. The predicted molar refractivity (Wildman–Crippen MR) is 150 cm³/mol. The van der Waals surface area contributed by atoms with Gasteiger partial charge in [-0.2, -0.15) is 5.26 Å². The summed E-state index contributed by atoms with van der Waals surface area (Å²) in [6.45, 7) is 2.10. The van der Waals surface area contributed by atoms with Crippen molar-refractivity contribution in [2.24, 2.45) is 0 Å². The molecule has 1 atom stereocenters. The van der Waals surface area contributed by atoms with E-state index in [0.717, 1.165) is 35.3 Å². The number of aryl methyl sites for hydroxylation is 2. The van der Waals surface area contributed by atoms with E-state index in [0.29, 0.717) is 5.56 Å². The van der Waals surface area contributed by atoms with Crippen molar-refractivity contribution in [2.75, 3.05) is 0 Å². The van der Waals surface area contributed by atoms with Gasteiger partial charge in [0.1, 0.15) is 5.75 Å². The number of fused-ring (bicyclic) bond motifs is 8. The van der Waals surface area contributed by atoms with Crippen LogP contribution in [0.1, 0.15) is 38.9 Å². The second-order valence-electron chi connectivity index (χ2n) is 10.0. The van der Waals surface area contributed by atoms with Crippen molar-refractivity contribution >= 4 is 16.8 Å². The van der Waals surface area contributed by atoms with Gasteiger partial charge in [0.15, 0.2) is 5.60 Å². The molecule has 2 heteroatoms. The number of rotatable bonds is 2. The van der Waals surface area contributed by atoms with Crippen molar-refractivity contribution in [3.63, 3.8) is 0 Å². The quantitative estimate of drug-likeness (QED) is 0.258. The normalized spacial score (nSPS) is 17.3. The first kappa shape index (κ1) is 21.7. The van der Waals surface area contributed by atoms with Crippen LogP contribution in [-0.4, -0.2) is 0 Å². The molecule has 0 amide bonds. The molecule has 7 rings (SSSR count). The van der Waals surface area contributed by atoms with Gasteiger partial charge in [-0.1, -0.05) is 90.5 Å². The van der Waals surface area contributed by atoms with Crippen molar-refractivity contribution in [3.05, 3.63) is 142 Å². The summed E-state index contributed by atoms with van der Waals surface area (Å²) in [6, 6.07) is 36.1. The third-order valence-corrected chi connectivity index (χ3v) is 7.91. The second-order valence-corrected chi connectivity index (χ2v) is 10.0. The molecule has 0 aromatic heterocycles. The van der Waals surface area contributed by atoms with E-state index < -0.39 is 5.60 Å². The summed E-state index contributed by atoms with van der Waals surface area (Å²) in [5, 5.41) is 11.9. The van der Waals surface area contributed by atoms with E-state index in [9.17, 15) is 5.26 Å². The largest absolute Gasteiger partial charge is 0.473 e. The first-order chi connectivity index (χ1) is 18.2. The van der Waals surface area contributed by atoms with Gasteiger partial charge in [0, 0.05) is 22.3 Å². The zero-order valence-corrected chi connectivity index (χ0v) is 20.7. The molecule has 0 N–H and O–H groups in total. The lowest BCUT2D eigenvalue weighted by Gasteiger charge is -2.39. The molecule has 5 aromatic rings. The number of hydrogen-bond acceptors (Lipinski definition) is 2. The number of ether oxygens (including phenoxy) is 1. The maximum Gasteiger partial charge on any atom is 0.178 e. The molecule has 1 heterocycles. The zero-order chi connectivity index (χ0) is 25.0. The van der Waals surface area contributed by atoms with Gasteiger partial charge in [0.25, 0.3) is 0 Å². The number of nitrogens with zero attached hydrogens (tertiary/aromatic N) is 1. The molecule has 1 unspecified atom stereocenters. The van der Waals surface area contributed by atoms with Gasteiger partial charge < -0.3 is 4.74 Å². The van der Waals surface area contributed by atoms with E-state index >= 15 is 0 Å². The minimum Gasteiger partial charge on any atom is -0.473 e. The zero-order valence-electron chi connectivity index (χ0n) is 20.7. The van der Waals surface area contributed by atoms with Crippen LogP contribution in [0.4, 0.5) is 0 Å². The van der Waals surface area contributed by atoms with Crippen molar-refractivity contribution < 1.29 is 4.74 Å². The van der Waals surface area contributed by atoms with Crippen LogP contribution in [0.2, 0.25) is 0 Å². The summed E-state index contributed by atoms with van der Waals surface area (Å²) in [6.07, 6.45) is 6.37. The predicted octanol–water partition coefficient (Wildman–Crippen LogP) is 8.13. The molecular weight excluding hydrogens is 450 g/mol. The van der Waals surface area contributed by atoms with Gasteiger partial charge in [-0.05, 0) is 71.5 Å². The van der Waals surface area contributed by atoms with Crippen LogP contribution in [0.25, 0.3) is 28.0 Å². The summed E-state index contributed by atoms with van der Waals surface area (Å²) in [4.78, 5) is 0. The fourth-order valence-electron chi connectivity index (χ4n) is 6.03. The van der Waals surface area contributed by atoms with Crippen molar-refractivity contribution in [1.82, 2.24) is 0 Å². The summed E-state index contributed by atoms with van der Waals surface area (Å²) < 4.78 is 7.26. The average Bonchev–Trinajstić information content (AvgIpc) is 2.97. The third-order valence-electron chi connectivity index (χ3n) is 7.91. The number of benzene rings is 5. The van der Waals surface area contributed by atoms with Gasteiger partial charge in [0.05, 0.1) is 11.6 Å². The smallest absolute Gasteiger partial charge is 0.178 e. The van der Waals surface area contributed by atoms with Crippen LogP contribution in [-0.2, 0) is 18.4 Å². The lowest BCUT2D eigenvalue weighted by atomic mass is 9.78. The van der Waals surface area contributed by atoms with Crippen molar-refractivity contribution in [3.8, 4) is 22.9 Å². The van der Waals surface area contributed by atoms with E-state index in [1.165, 1.54) is 38.6 Å². The highest BCUT2D eigenvalue weighted by atomic mass is 16.5. The Kier molecular flexibility index (Phi) is 4.81. The maximum atomic E-state index is 9.40. The Morgan fingerprint density at radius 3 is 2.19 bits per heavy atom. The molecule has 2 nitrogen and oxygen atoms in total. The lowest BCUT2D eigenvalue weighted by Crippen LogP contribution is -2.35. The number of hydrogen-bond donors (Lipinski definition) is 0. The highest BCUT2D eigenvalue weighted by molar-refractivity contribution is 6.06. The summed E-state index contributed by atoms with van der Waals surface area (Å²) in [5.74, 6) is 0.968. The van der Waals surface area contributed by atoms with E-state index in [4.69, 9.17) is 4.74 Å². The molecule has 0 fully saturated rings. The SMILES string of the molecule is Cc1ccc(C2(c3ccc(C#N)cc3)C=Cc3c(c4c(c5ccccc35)-c3ccccc3CC4)O2)cc1. The highest BCUT2D eigenvalue weighted by Gasteiger charge is 2.39. The molecule has 5 aromatic carbocycles. The standard InChI is InChI=1S/C35H25NO/c1-23-10-15-26(16-11-23)35(27-17-12-24(22-36)13-18-27)21-20-31-29-8-4-5-9-30(29)33-28-7-3-2-6-25(28)14-19-32(33)34(31)37-35/h2-13,15-18,20-21H,14,19H2,1H3. The van der Waals surface area contributed by atoms with Crippen LogP contribution in [0.15, 0.2) is 103 Å². The molecular formula is C35H25NO. The molecule has 176 valence electrons. The first-order valence-corrected chi connectivity index (χ1v) is 12.8. The summed E-state index contributed by atoms with van der Waals surface area (Å²) in [7, 11) is 0. The first-order valence-electron chi connectivity index (χ1n) is 12.8. The molecule has 0 saturated carbocycles. The topological polar surface area (TPSA) is 33.0 Å². The third kappa shape index (κ3) is 3.25. The van der Waals surface area contributed by atoms with Crippen LogP contribution in [0, 0.1) is 18.3 Å². The van der Waals surface area contributed by atoms with Gasteiger partial charge in [-0.15, -0.1) is 0 Å².